The third kappa shape index (κ3) is 3.65. The Morgan fingerprint density at radius 2 is 1.85 bits per heavy atom. The highest BCUT2D eigenvalue weighted by molar-refractivity contribution is 7.12. The largest absolute Gasteiger partial charge is 0.319 e. The van der Waals surface area contributed by atoms with E-state index in [0.717, 1.165) is 5.56 Å². The van der Waals surface area contributed by atoms with E-state index >= 15 is 0 Å². The number of benzene rings is 2. The predicted molar refractivity (Wildman–Crippen MR) is 103 cm³/mol. The number of thiophene rings is 1. The van der Waals surface area contributed by atoms with Gasteiger partial charge in [-0.2, -0.15) is 0 Å². The van der Waals surface area contributed by atoms with Crippen molar-refractivity contribution < 1.29 is 14.0 Å². The lowest BCUT2D eigenvalue weighted by atomic mass is 10.1. The molecule has 0 radical (unpaired) electrons. The minimum Gasteiger partial charge on any atom is -0.319 e. The minimum absolute atomic E-state index is 0.108. The molecule has 0 saturated carbocycles. The summed E-state index contributed by atoms with van der Waals surface area (Å²) in [5.74, 6) is -1.19. The second kappa shape index (κ2) is 7.49. The normalized spacial score (nSPS) is 10.4. The van der Waals surface area contributed by atoms with E-state index in [0.29, 0.717) is 16.1 Å². The number of halogens is 1. The van der Waals surface area contributed by atoms with Gasteiger partial charge in [0.2, 0.25) is 0 Å². The van der Waals surface area contributed by atoms with Crippen LogP contribution in [0.25, 0.3) is 0 Å². The molecule has 0 atom stereocenters. The Balaban J connectivity index is 1.90. The van der Waals surface area contributed by atoms with Crippen molar-refractivity contribution in [2.45, 2.75) is 6.92 Å². The van der Waals surface area contributed by atoms with Crippen LogP contribution in [0.3, 0.4) is 0 Å². The zero-order chi connectivity index (χ0) is 18.7. The molecule has 3 aromatic rings. The second-order valence-electron chi connectivity index (χ2n) is 5.80. The summed E-state index contributed by atoms with van der Waals surface area (Å²) in [6.07, 6.45) is 0. The number of nitrogens with zero attached hydrogens (tertiary/aromatic N) is 1. The molecule has 0 aliphatic heterocycles. The maximum Gasteiger partial charge on any atom is 0.268 e. The number of amides is 2. The summed E-state index contributed by atoms with van der Waals surface area (Å²) >= 11 is 1.33. The van der Waals surface area contributed by atoms with E-state index in [-0.39, 0.29) is 11.6 Å². The van der Waals surface area contributed by atoms with Crippen molar-refractivity contribution in [2.24, 2.45) is 0 Å². The van der Waals surface area contributed by atoms with Crippen LogP contribution in [-0.2, 0) is 0 Å². The summed E-state index contributed by atoms with van der Waals surface area (Å²) in [6, 6.07) is 14.8. The highest BCUT2D eigenvalue weighted by atomic mass is 32.1. The monoisotopic (exact) mass is 368 g/mol. The number of nitrogens with one attached hydrogen (secondary N) is 1. The SMILES string of the molecule is Cc1ccc(F)c(NC(=O)c2ccccc2N(C)C(=O)c2cccs2)c1. The van der Waals surface area contributed by atoms with E-state index in [1.54, 1.807) is 55.6 Å². The number of aryl methyl sites for hydroxylation is 1. The standard InChI is InChI=1S/C20H17FN2O2S/c1-13-9-10-15(21)16(12-13)22-19(24)14-6-3-4-7-17(14)23(2)20(25)18-8-5-11-26-18/h3-12H,1-2H3,(H,22,24). The quantitative estimate of drug-likeness (QED) is 0.724. The van der Waals surface area contributed by atoms with Crippen molar-refractivity contribution in [3.8, 4) is 0 Å². The number of anilines is 2. The summed E-state index contributed by atoms with van der Waals surface area (Å²) in [7, 11) is 1.61. The van der Waals surface area contributed by atoms with Gasteiger partial charge in [-0.05, 0) is 48.2 Å². The summed E-state index contributed by atoms with van der Waals surface area (Å²) in [5.41, 5.74) is 1.69. The fraction of sp³-hybridized carbons (Fsp3) is 0.100. The van der Waals surface area contributed by atoms with Crippen LogP contribution in [0.2, 0.25) is 0 Å². The molecule has 0 spiro atoms. The van der Waals surface area contributed by atoms with Crippen molar-refractivity contribution in [2.75, 3.05) is 17.3 Å². The predicted octanol–water partition coefficient (Wildman–Crippen LogP) is 4.72. The molecule has 2 amide bonds. The van der Waals surface area contributed by atoms with Crippen LogP contribution in [0.5, 0.6) is 0 Å². The molecule has 0 aliphatic carbocycles. The van der Waals surface area contributed by atoms with Gasteiger partial charge in [-0.3, -0.25) is 9.59 Å². The van der Waals surface area contributed by atoms with Crippen molar-refractivity contribution in [1.82, 2.24) is 0 Å². The molecule has 0 aliphatic rings. The molecule has 0 bridgehead atoms. The van der Waals surface area contributed by atoms with Crippen LogP contribution < -0.4 is 10.2 Å². The third-order valence-corrected chi connectivity index (χ3v) is 4.77. The van der Waals surface area contributed by atoms with Gasteiger partial charge < -0.3 is 10.2 Å². The number of hydrogen-bond donors (Lipinski definition) is 1. The molecular formula is C20H17FN2O2S. The highest BCUT2D eigenvalue weighted by Crippen LogP contribution is 2.24. The molecular weight excluding hydrogens is 351 g/mol. The van der Waals surface area contributed by atoms with Gasteiger partial charge in [0, 0.05) is 7.05 Å². The van der Waals surface area contributed by atoms with Gasteiger partial charge in [-0.15, -0.1) is 11.3 Å². The Morgan fingerprint density at radius 3 is 2.58 bits per heavy atom. The Labute approximate surface area is 154 Å². The summed E-state index contributed by atoms with van der Waals surface area (Å²) < 4.78 is 13.9. The molecule has 1 aromatic heterocycles. The van der Waals surface area contributed by atoms with Crippen molar-refractivity contribution in [1.29, 1.82) is 0 Å². The van der Waals surface area contributed by atoms with Crippen molar-refractivity contribution in [3.05, 3.63) is 81.8 Å². The molecule has 0 fully saturated rings. The number of para-hydroxylation sites is 1. The first-order chi connectivity index (χ1) is 12.5. The lowest BCUT2D eigenvalue weighted by molar-refractivity contribution is 0.0996. The van der Waals surface area contributed by atoms with Crippen LogP contribution in [0.15, 0.2) is 60.0 Å². The van der Waals surface area contributed by atoms with Gasteiger partial charge >= 0.3 is 0 Å². The van der Waals surface area contributed by atoms with Crippen LogP contribution in [0, 0.1) is 12.7 Å². The van der Waals surface area contributed by atoms with Gasteiger partial charge in [0.25, 0.3) is 11.8 Å². The number of carbonyl (C=O) groups is 2. The fourth-order valence-corrected chi connectivity index (χ4v) is 3.26. The average molecular weight is 368 g/mol. The van der Waals surface area contributed by atoms with E-state index in [9.17, 15) is 14.0 Å². The Hall–Kier alpha value is -2.99. The van der Waals surface area contributed by atoms with E-state index in [4.69, 9.17) is 0 Å². The summed E-state index contributed by atoms with van der Waals surface area (Å²) in [4.78, 5) is 27.3. The number of carbonyl (C=O) groups excluding carboxylic acids is 2. The fourth-order valence-electron chi connectivity index (χ4n) is 2.56. The number of hydrogen-bond acceptors (Lipinski definition) is 3. The highest BCUT2D eigenvalue weighted by Gasteiger charge is 2.20. The first-order valence-electron chi connectivity index (χ1n) is 7.95. The topological polar surface area (TPSA) is 49.4 Å². The second-order valence-corrected chi connectivity index (χ2v) is 6.74. The zero-order valence-corrected chi connectivity index (χ0v) is 15.1. The summed E-state index contributed by atoms with van der Waals surface area (Å²) in [6.45, 7) is 1.82. The minimum atomic E-state index is -0.510. The number of rotatable bonds is 4. The zero-order valence-electron chi connectivity index (χ0n) is 14.3. The lowest BCUT2D eigenvalue weighted by Gasteiger charge is -2.20. The molecule has 0 saturated heterocycles. The van der Waals surface area contributed by atoms with E-state index in [1.165, 1.54) is 22.3 Å². The first kappa shape index (κ1) is 17.8. The first-order valence-corrected chi connectivity index (χ1v) is 8.83. The Morgan fingerprint density at radius 1 is 1.08 bits per heavy atom. The van der Waals surface area contributed by atoms with E-state index < -0.39 is 11.7 Å². The molecule has 4 nitrogen and oxygen atoms in total. The maximum atomic E-state index is 13.9. The van der Waals surface area contributed by atoms with Crippen LogP contribution >= 0.6 is 11.3 Å². The molecule has 0 unspecified atom stereocenters. The Bertz CT molecular complexity index is 954. The van der Waals surface area contributed by atoms with Crippen LogP contribution in [0.4, 0.5) is 15.8 Å². The Kier molecular flexibility index (Phi) is 5.14. The van der Waals surface area contributed by atoms with Gasteiger partial charge in [0.05, 0.1) is 21.8 Å². The van der Waals surface area contributed by atoms with E-state index in [2.05, 4.69) is 5.32 Å². The van der Waals surface area contributed by atoms with Gasteiger partial charge in [-0.25, -0.2) is 4.39 Å². The molecule has 6 heteroatoms. The van der Waals surface area contributed by atoms with Gasteiger partial charge in [0.15, 0.2) is 0 Å². The van der Waals surface area contributed by atoms with E-state index in [1.807, 2.05) is 12.3 Å². The molecule has 1 heterocycles. The molecule has 26 heavy (non-hydrogen) atoms. The molecule has 2 aromatic carbocycles. The van der Waals surface area contributed by atoms with Crippen molar-refractivity contribution >= 4 is 34.5 Å². The average Bonchev–Trinajstić information content (AvgIpc) is 3.18. The smallest absolute Gasteiger partial charge is 0.268 e. The van der Waals surface area contributed by atoms with Gasteiger partial charge in [0.1, 0.15) is 5.82 Å². The van der Waals surface area contributed by atoms with Crippen LogP contribution in [-0.4, -0.2) is 18.9 Å². The molecule has 1 N–H and O–H groups in total. The molecule has 132 valence electrons. The van der Waals surface area contributed by atoms with Crippen LogP contribution in [0.1, 0.15) is 25.6 Å². The maximum absolute atomic E-state index is 13.9. The third-order valence-electron chi connectivity index (χ3n) is 3.92. The summed E-state index contributed by atoms with van der Waals surface area (Å²) in [5, 5.41) is 4.41. The lowest BCUT2D eigenvalue weighted by Crippen LogP contribution is -2.28. The van der Waals surface area contributed by atoms with Crippen molar-refractivity contribution in [3.63, 3.8) is 0 Å². The van der Waals surface area contributed by atoms with Gasteiger partial charge in [-0.1, -0.05) is 24.3 Å². The molecule has 3 rings (SSSR count).